The quantitative estimate of drug-likeness (QED) is 0.747. The summed E-state index contributed by atoms with van der Waals surface area (Å²) in [6.07, 6.45) is 1.58. The van der Waals surface area contributed by atoms with Gasteiger partial charge in [0, 0.05) is 18.8 Å². The predicted molar refractivity (Wildman–Crippen MR) is 85.0 cm³/mol. The molecule has 8 nitrogen and oxygen atoms in total. The first kappa shape index (κ1) is 13.9. The number of ether oxygens (including phenoxy) is 1. The van der Waals surface area contributed by atoms with E-state index in [2.05, 4.69) is 19.9 Å². The summed E-state index contributed by atoms with van der Waals surface area (Å²) in [5.41, 5.74) is 1.46. The number of pyridine rings is 1. The summed E-state index contributed by atoms with van der Waals surface area (Å²) >= 11 is 0. The van der Waals surface area contributed by atoms with Gasteiger partial charge in [0.1, 0.15) is 12.1 Å². The van der Waals surface area contributed by atoms with Gasteiger partial charge >= 0.3 is 0 Å². The molecule has 0 aromatic carbocycles. The van der Waals surface area contributed by atoms with Gasteiger partial charge in [-0.15, -0.1) is 0 Å². The zero-order valence-electron chi connectivity index (χ0n) is 12.7. The molecule has 0 spiro atoms. The first-order chi connectivity index (χ1) is 11.2. The van der Waals surface area contributed by atoms with Crippen molar-refractivity contribution in [1.29, 1.82) is 0 Å². The number of anilines is 1. The van der Waals surface area contributed by atoms with E-state index in [1.807, 2.05) is 30.0 Å². The van der Waals surface area contributed by atoms with Gasteiger partial charge in [-0.2, -0.15) is 4.98 Å². The van der Waals surface area contributed by atoms with Crippen molar-refractivity contribution in [2.75, 3.05) is 31.2 Å². The van der Waals surface area contributed by atoms with E-state index in [1.165, 1.54) is 0 Å². The number of aryl methyl sites for hydroxylation is 1. The monoisotopic (exact) mass is 312 g/mol. The van der Waals surface area contributed by atoms with Gasteiger partial charge in [0.15, 0.2) is 11.2 Å². The smallest absolute Gasteiger partial charge is 0.280 e. The molecule has 3 aromatic rings. The molecule has 1 aliphatic heterocycles. The van der Waals surface area contributed by atoms with Crippen LogP contribution in [0.3, 0.4) is 0 Å². The molecular weight excluding hydrogens is 296 g/mol. The van der Waals surface area contributed by atoms with E-state index in [0.717, 1.165) is 5.69 Å². The fourth-order valence-electron chi connectivity index (χ4n) is 2.65. The van der Waals surface area contributed by atoms with Crippen molar-refractivity contribution in [3.05, 3.63) is 40.6 Å². The van der Waals surface area contributed by atoms with Crippen LogP contribution in [0.25, 0.3) is 17.0 Å². The largest absolute Gasteiger partial charge is 0.378 e. The molecular formula is C15H16N6O2. The van der Waals surface area contributed by atoms with Crippen LogP contribution >= 0.6 is 0 Å². The first-order valence-electron chi connectivity index (χ1n) is 7.46. The lowest BCUT2D eigenvalue weighted by Gasteiger charge is -2.27. The summed E-state index contributed by atoms with van der Waals surface area (Å²) < 4.78 is 7.08. The van der Waals surface area contributed by atoms with Gasteiger partial charge in [-0.3, -0.25) is 14.3 Å². The Kier molecular flexibility index (Phi) is 3.30. The highest BCUT2D eigenvalue weighted by Gasteiger charge is 2.17. The lowest BCUT2D eigenvalue weighted by Crippen LogP contribution is -2.38. The molecule has 0 saturated carbocycles. The van der Waals surface area contributed by atoms with Crippen LogP contribution in [0.4, 0.5) is 5.95 Å². The fraction of sp³-hybridized carbons (Fsp3) is 0.333. The molecule has 1 aliphatic rings. The molecule has 0 aliphatic carbocycles. The summed E-state index contributed by atoms with van der Waals surface area (Å²) in [6.45, 7) is 4.57. The van der Waals surface area contributed by atoms with Crippen LogP contribution in [0.2, 0.25) is 0 Å². The zero-order chi connectivity index (χ0) is 15.8. The Hall–Kier alpha value is -2.74. The van der Waals surface area contributed by atoms with Gasteiger partial charge < -0.3 is 9.64 Å². The minimum absolute atomic E-state index is 0.247. The summed E-state index contributed by atoms with van der Waals surface area (Å²) in [7, 11) is 0. The van der Waals surface area contributed by atoms with E-state index >= 15 is 0 Å². The SMILES string of the molecule is Cc1cccc(-n2cnc3c(=O)[nH]c(N4CCOCC4)nc32)n1. The molecule has 0 bridgehead atoms. The fourth-order valence-corrected chi connectivity index (χ4v) is 2.65. The normalized spacial score (nSPS) is 15.3. The van der Waals surface area contributed by atoms with E-state index in [0.29, 0.717) is 49.2 Å². The Bertz CT molecular complexity index is 910. The Balaban J connectivity index is 1.86. The Morgan fingerprint density at radius 3 is 2.83 bits per heavy atom. The highest BCUT2D eigenvalue weighted by atomic mass is 16.5. The topological polar surface area (TPSA) is 88.9 Å². The van der Waals surface area contributed by atoms with Crippen LogP contribution in [-0.2, 0) is 4.74 Å². The number of aromatic amines is 1. The Labute approximate surface area is 131 Å². The van der Waals surface area contributed by atoms with Crippen molar-refractivity contribution < 1.29 is 4.74 Å². The number of H-pyrrole nitrogens is 1. The number of morpholine rings is 1. The molecule has 1 fully saturated rings. The molecule has 0 unspecified atom stereocenters. The molecule has 118 valence electrons. The molecule has 8 heteroatoms. The lowest BCUT2D eigenvalue weighted by atomic mass is 10.4. The van der Waals surface area contributed by atoms with Crippen molar-refractivity contribution in [1.82, 2.24) is 24.5 Å². The third kappa shape index (κ3) is 2.46. The van der Waals surface area contributed by atoms with E-state index < -0.39 is 0 Å². The summed E-state index contributed by atoms with van der Waals surface area (Å²) in [5.74, 6) is 1.23. The molecule has 4 heterocycles. The third-order valence-corrected chi connectivity index (χ3v) is 3.83. The van der Waals surface area contributed by atoms with Crippen LogP contribution in [0, 0.1) is 6.92 Å². The number of aromatic nitrogens is 5. The molecule has 4 rings (SSSR count). The molecule has 0 amide bonds. The molecule has 0 radical (unpaired) electrons. The second-order valence-electron chi connectivity index (χ2n) is 5.41. The molecule has 1 saturated heterocycles. The highest BCUT2D eigenvalue weighted by Crippen LogP contribution is 2.16. The number of imidazole rings is 1. The van der Waals surface area contributed by atoms with Crippen LogP contribution < -0.4 is 10.5 Å². The average molecular weight is 312 g/mol. The highest BCUT2D eigenvalue weighted by molar-refractivity contribution is 5.72. The van der Waals surface area contributed by atoms with Gasteiger partial charge in [0.05, 0.1) is 13.2 Å². The number of hydrogen-bond acceptors (Lipinski definition) is 6. The zero-order valence-corrected chi connectivity index (χ0v) is 12.7. The second-order valence-corrected chi connectivity index (χ2v) is 5.41. The number of nitrogens with one attached hydrogen (secondary N) is 1. The van der Waals surface area contributed by atoms with Crippen LogP contribution in [0.5, 0.6) is 0 Å². The summed E-state index contributed by atoms with van der Waals surface area (Å²) in [4.78, 5) is 30.4. The van der Waals surface area contributed by atoms with E-state index in [9.17, 15) is 4.79 Å². The van der Waals surface area contributed by atoms with Crippen molar-refractivity contribution in [2.24, 2.45) is 0 Å². The standard InChI is InChI=1S/C15H16N6O2/c1-10-3-2-4-11(17-10)21-9-16-12-13(21)18-15(19-14(12)22)20-5-7-23-8-6-20/h2-4,9H,5-8H2,1H3,(H,18,19,22). The average Bonchev–Trinajstić information content (AvgIpc) is 3.00. The van der Waals surface area contributed by atoms with Gasteiger partial charge in [0.25, 0.3) is 5.56 Å². The predicted octanol–water partition coefficient (Wildman–Crippen LogP) is 0.649. The maximum absolute atomic E-state index is 12.3. The van der Waals surface area contributed by atoms with Crippen molar-refractivity contribution in [3.8, 4) is 5.82 Å². The summed E-state index contributed by atoms with van der Waals surface area (Å²) in [5, 5.41) is 0. The van der Waals surface area contributed by atoms with Crippen LogP contribution in [0.15, 0.2) is 29.3 Å². The van der Waals surface area contributed by atoms with Crippen molar-refractivity contribution >= 4 is 17.1 Å². The van der Waals surface area contributed by atoms with Crippen LogP contribution in [0.1, 0.15) is 5.69 Å². The first-order valence-corrected chi connectivity index (χ1v) is 7.46. The summed E-state index contributed by atoms with van der Waals surface area (Å²) in [6, 6.07) is 5.70. The number of hydrogen-bond donors (Lipinski definition) is 1. The minimum atomic E-state index is -0.247. The van der Waals surface area contributed by atoms with Crippen LogP contribution in [-0.4, -0.2) is 50.8 Å². The maximum Gasteiger partial charge on any atom is 0.280 e. The van der Waals surface area contributed by atoms with Gasteiger partial charge in [-0.25, -0.2) is 9.97 Å². The van der Waals surface area contributed by atoms with Gasteiger partial charge in [-0.1, -0.05) is 6.07 Å². The number of rotatable bonds is 2. The maximum atomic E-state index is 12.3. The van der Waals surface area contributed by atoms with Gasteiger partial charge in [0.2, 0.25) is 5.95 Å². The van der Waals surface area contributed by atoms with E-state index in [4.69, 9.17) is 4.74 Å². The van der Waals surface area contributed by atoms with E-state index in [1.54, 1.807) is 10.9 Å². The Morgan fingerprint density at radius 1 is 1.22 bits per heavy atom. The Morgan fingerprint density at radius 2 is 2.04 bits per heavy atom. The molecule has 23 heavy (non-hydrogen) atoms. The minimum Gasteiger partial charge on any atom is -0.378 e. The van der Waals surface area contributed by atoms with Crippen molar-refractivity contribution in [2.45, 2.75) is 6.92 Å². The molecule has 3 aromatic heterocycles. The second kappa shape index (κ2) is 5.47. The van der Waals surface area contributed by atoms with Gasteiger partial charge in [-0.05, 0) is 19.1 Å². The lowest BCUT2D eigenvalue weighted by molar-refractivity contribution is 0.122. The number of fused-ring (bicyclic) bond motifs is 1. The van der Waals surface area contributed by atoms with E-state index in [-0.39, 0.29) is 5.56 Å². The molecule has 1 N–H and O–H groups in total. The third-order valence-electron chi connectivity index (χ3n) is 3.83. The van der Waals surface area contributed by atoms with Crippen molar-refractivity contribution in [3.63, 3.8) is 0 Å². The number of nitrogens with zero attached hydrogens (tertiary/aromatic N) is 5. The molecule has 0 atom stereocenters.